The van der Waals surface area contributed by atoms with E-state index in [0.29, 0.717) is 5.82 Å². The van der Waals surface area contributed by atoms with Crippen molar-refractivity contribution in [2.75, 3.05) is 20.2 Å². The lowest BCUT2D eigenvalue weighted by atomic mass is 9.82. The monoisotopic (exact) mass is 267 g/mol. The molecule has 0 spiro atoms. The molecule has 1 aromatic rings. The van der Waals surface area contributed by atoms with E-state index in [0.717, 1.165) is 44.7 Å². The molecule has 1 aromatic heterocycles. The Morgan fingerprint density at radius 1 is 1.42 bits per heavy atom. The third kappa shape index (κ3) is 2.54. The first-order valence-corrected chi connectivity index (χ1v) is 7.21. The SMILES string of the molecule is CCC(CC)(OC)c1noc(C2(C)CCCNC2)n1. The number of nitrogens with zero attached hydrogens (tertiary/aromatic N) is 2. The third-order valence-corrected chi connectivity index (χ3v) is 4.48. The summed E-state index contributed by atoms with van der Waals surface area (Å²) in [5.41, 5.74) is -0.468. The lowest BCUT2D eigenvalue weighted by molar-refractivity contribution is -0.0306. The Bertz CT molecular complexity index is 398. The predicted octanol–water partition coefficient (Wildman–Crippen LogP) is 2.37. The van der Waals surface area contributed by atoms with Gasteiger partial charge in [-0.25, -0.2) is 0 Å². The van der Waals surface area contributed by atoms with E-state index in [4.69, 9.17) is 9.26 Å². The maximum atomic E-state index is 5.66. The second kappa shape index (κ2) is 5.59. The van der Waals surface area contributed by atoms with E-state index in [1.54, 1.807) is 7.11 Å². The number of nitrogens with one attached hydrogen (secondary N) is 1. The van der Waals surface area contributed by atoms with Gasteiger partial charge in [0.15, 0.2) is 0 Å². The van der Waals surface area contributed by atoms with Crippen molar-refractivity contribution in [1.29, 1.82) is 0 Å². The number of rotatable bonds is 5. The van der Waals surface area contributed by atoms with Crippen LogP contribution in [0, 0.1) is 0 Å². The van der Waals surface area contributed by atoms with Crippen LogP contribution in [0.3, 0.4) is 0 Å². The van der Waals surface area contributed by atoms with E-state index in [2.05, 4.69) is 36.2 Å². The maximum Gasteiger partial charge on any atom is 0.233 e. The molecule has 0 aromatic carbocycles. The van der Waals surface area contributed by atoms with Gasteiger partial charge in [-0.2, -0.15) is 4.98 Å². The fourth-order valence-electron chi connectivity index (χ4n) is 2.84. The van der Waals surface area contributed by atoms with Crippen molar-refractivity contribution in [3.05, 3.63) is 11.7 Å². The molecular weight excluding hydrogens is 242 g/mol. The molecule has 2 heterocycles. The lowest BCUT2D eigenvalue weighted by Gasteiger charge is -2.30. The van der Waals surface area contributed by atoms with Gasteiger partial charge in [0.05, 0.1) is 5.41 Å². The third-order valence-electron chi connectivity index (χ3n) is 4.48. The largest absolute Gasteiger partial charge is 0.370 e. The van der Waals surface area contributed by atoms with E-state index >= 15 is 0 Å². The first-order chi connectivity index (χ1) is 9.10. The standard InChI is InChI=1S/C14H25N3O2/c1-5-14(6-2,18-4)11-16-12(19-17-11)13(3)8-7-9-15-10-13/h15H,5-10H2,1-4H3. The highest BCUT2D eigenvalue weighted by Gasteiger charge is 2.39. The Balaban J connectivity index is 2.27. The van der Waals surface area contributed by atoms with Crippen LogP contribution in [0.5, 0.6) is 0 Å². The molecule has 5 nitrogen and oxygen atoms in total. The van der Waals surface area contributed by atoms with Gasteiger partial charge in [-0.05, 0) is 39.2 Å². The van der Waals surface area contributed by atoms with Crippen molar-refractivity contribution in [1.82, 2.24) is 15.5 Å². The molecule has 1 fully saturated rings. The topological polar surface area (TPSA) is 60.2 Å². The van der Waals surface area contributed by atoms with Crippen LogP contribution in [0.25, 0.3) is 0 Å². The highest BCUT2D eigenvalue weighted by Crippen LogP contribution is 2.34. The second-order valence-electron chi connectivity index (χ2n) is 5.67. The first kappa shape index (κ1) is 14.5. The number of methoxy groups -OCH3 is 1. The van der Waals surface area contributed by atoms with Gasteiger partial charge in [0.1, 0.15) is 5.60 Å². The van der Waals surface area contributed by atoms with E-state index in [1.165, 1.54) is 0 Å². The van der Waals surface area contributed by atoms with Crippen LogP contribution < -0.4 is 5.32 Å². The molecule has 108 valence electrons. The average molecular weight is 267 g/mol. The van der Waals surface area contributed by atoms with Crippen molar-refractivity contribution >= 4 is 0 Å². The minimum absolute atomic E-state index is 0.0511. The van der Waals surface area contributed by atoms with Gasteiger partial charge < -0.3 is 14.6 Å². The molecule has 0 amide bonds. The molecule has 0 radical (unpaired) electrons. The second-order valence-corrected chi connectivity index (χ2v) is 5.67. The summed E-state index contributed by atoms with van der Waals surface area (Å²) in [6.45, 7) is 8.33. The van der Waals surface area contributed by atoms with Crippen LogP contribution in [0.1, 0.15) is 58.2 Å². The average Bonchev–Trinajstić information content (AvgIpc) is 2.93. The molecule has 0 aliphatic carbocycles. The molecule has 0 bridgehead atoms. The Kier molecular flexibility index (Phi) is 4.26. The highest BCUT2D eigenvalue weighted by atomic mass is 16.5. The van der Waals surface area contributed by atoms with Crippen molar-refractivity contribution < 1.29 is 9.26 Å². The summed E-state index contributed by atoms with van der Waals surface area (Å²) in [6, 6.07) is 0. The van der Waals surface area contributed by atoms with E-state index < -0.39 is 5.60 Å². The van der Waals surface area contributed by atoms with Crippen LogP contribution in [-0.2, 0) is 15.8 Å². The van der Waals surface area contributed by atoms with Gasteiger partial charge in [-0.1, -0.05) is 19.0 Å². The van der Waals surface area contributed by atoms with E-state index in [1.807, 2.05) is 0 Å². The minimum atomic E-state index is -0.416. The molecule has 1 N–H and O–H groups in total. The fraction of sp³-hybridized carbons (Fsp3) is 0.857. The van der Waals surface area contributed by atoms with Crippen LogP contribution >= 0.6 is 0 Å². The summed E-state index contributed by atoms with van der Waals surface area (Å²) in [7, 11) is 1.72. The van der Waals surface area contributed by atoms with Crippen molar-refractivity contribution in [2.45, 2.75) is 57.5 Å². The molecule has 5 heteroatoms. The first-order valence-electron chi connectivity index (χ1n) is 7.21. The minimum Gasteiger partial charge on any atom is -0.370 e. The molecule has 0 saturated carbocycles. The van der Waals surface area contributed by atoms with E-state index in [9.17, 15) is 0 Å². The molecule has 2 rings (SSSR count). The Labute approximate surface area is 115 Å². The number of piperidine rings is 1. The van der Waals surface area contributed by atoms with Crippen molar-refractivity contribution in [3.63, 3.8) is 0 Å². The summed E-state index contributed by atoms with van der Waals surface area (Å²) in [6.07, 6.45) is 3.91. The number of ether oxygens (including phenoxy) is 1. The number of hydrogen-bond donors (Lipinski definition) is 1. The summed E-state index contributed by atoms with van der Waals surface area (Å²) in [5.74, 6) is 1.42. The van der Waals surface area contributed by atoms with E-state index in [-0.39, 0.29) is 5.41 Å². The molecule has 1 atom stereocenters. The number of hydrogen-bond acceptors (Lipinski definition) is 5. The normalized spacial score (nSPS) is 24.6. The van der Waals surface area contributed by atoms with Gasteiger partial charge in [0, 0.05) is 13.7 Å². The van der Waals surface area contributed by atoms with Crippen LogP contribution in [-0.4, -0.2) is 30.3 Å². The van der Waals surface area contributed by atoms with Gasteiger partial charge in [-0.3, -0.25) is 0 Å². The summed E-state index contributed by atoms with van der Waals surface area (Å²) < 4.78 is 11.2. The van der Waals surface area contributed by atoms with Gasteiger partial charge in [-0.15, -0.1) is 0 Å². The zero-order valence-corrected chi connectivity index (χ0v) is 12.5. The summed E-state index contributed by atoms with van der Waals surface area (Å²) in [4.78, 5) is 4.65. The summed E-state index contributed by atoms with van der Waals surface area (Å²) in [5, 5.41) is 7.59. The van der Waals surface area contributed by atoms with Crippen LogP contribution in [0.4, 0.5) is 0 Å². The van der Waals surface area contributed by atoms with Crippen molar-refractivity contribution in [2.24, 2.45) is 0 Å². The fourth-order valence-corrected chi connectivity index (χ4v) is 2.84. The van der Waals surface area contributed by atoms with Gasteiger partial charge in [0.2, 0.25) is 11.7 Å². The molecule has 1 unspecified atom stereocenters. The Morgan fingerprint density at radius 2 is 2.16 bits per heavy atom. The summed E-state index contributed by atoms with van der Waals surface area (Å²) >= 11 is 0. The Hall–Kier alpha value is -0.940. The maximum absolute atomic E-state index is 5.66. The van der Waals surface area contributed by atoms with Gasteiger partial charge in [0.25, 0.3) is 0 Å². The smallest absolute Gasteiger partial charge is 0.233 e. The molecule has 1 saturated heterocycles. The Morgan fingerprint density at radius 3 is 2.68 bits per heavy atom. The highest BCUT2D eigenvalue weighted by molar-refractivity contribution is 5.09. The zero-order chi connectivity index (χ0) is 13.9. The predicted molar refractivity (Wildman–Crippen MR) is 73.0 cm³/mol. The van der Waals surface area contributed by atoms with Crippen LogP contribution in [0.2, 0.25) is 0 Å². The number of aromatic nitrogens is 2. The van der Waals surface area contributed by atoms with Gasteiger partial charge >= 0.3 is 0 Å². The van der Waals surface area contributed by atoms with Crippen molar-refractivity contribution in [3.8, 4) is 0 Å². The molecule has 1 aliphatic rings. The molecule has 1 aliphatic heterocycles. The lowest BCUT2D eigenvalue weighted by Crippen LogP contribution is -2.41. The zero-order valence-electron chi connectivity index (χ0n) is 12.5. The molecular formula is C14H25N3O2. The quantitative estimate of drug-likeness (QED) is 0.887. The molecule has 19 heavy (non-hydrogen) atoms. The van der Waals surface area contributed by atoms with Crippen LogP contribution in [0.15, 0.2) is 4.52 Å².